The Labute approximate surface area is 79.3 Å². The van der Waals surface area contributed by atoms with Gasteiger partial charge in [0.1, 0.15) is 6.04 Å². The third-order valence-electron chi connectivity index (χ3n) is 1.21. The molecular weight excluding hydrogens is 170 g/mol. The Balaban J connectivity index is 0. The first-order chi connectivity index (χ1) is 5.95. The zero-order chi connectivity index (χ0) is 10.9. The molecule has 5 nitrogen and oxygen atoms in total. The summed E-state index contributed by atoms with van der Waals surface area (Å²) in [5, 5.41) is 8.31. The Morgan fingerprint density at radius 3 is 1.77 bits per heavy atom. The average molecular weight is 191 g/mol. The van der Waals surface area contributed by atoms with Crippen molar-refractivity contribution >= 4 is 5.97 Å². The lowest BCUT2D eigenvalue weighted by Gasteiger charge is -2.07. The van der Waals surface area contributed by atoms with E-state index in [4.69, 9.17) is 22.3 Å². The van der Waals surface area contributed by atoms with Crippen LogP contribution >= 0.6 is 0 Å². The van der Waals surface area contributed by atoms with Crippen molar-refractivity contribution < 1.29 is 9.90 Å². The number of aliphatic carboxylic acids is 1. The molecule has 0 unspecified atom stereocenters. The molecular formula is C8H21N3O2. The van der Waals surface area contributed by atoms with Crippen molar-refractivity contribution in [3.05, 3.63) is 0 Å². The second kappa shape index (κ2) is 9.44. The summed E-state index contributed by atoms with van der Waals surface area (Å²) in [5.74, 6) is -0.556. The van der Waals surface area contributed by atoms with E-state index < -0.39 is 12.0 Å². The molecule has 5 heteroatoms. The molecule has 0 fully saturated rings. The molecule has 0 bridgehead atoms. The van der Waals surface area contributed by atoms with Crippen molar-refractivity contribution in [2.75, 3.05) is 13.1 Å². The molecule has 0 aromatic carbocycles. The van der Waals surface area contributed by atoms with Gasteiger partial charge in [0.15, 0.2) is 0 Å². The predicted octanol–water partition coefficient (Wildman–Crippen LogP) is -0.652. The fourth-order valence-electron chi connectivity index (χ4n) is 0.609. The van der Waals surface area contributed by atoms with Crippen molar-refractivity contribution in [1.29, 1.82) is 0 Å². The highest BCUT2D eigenvalue weighted by molar-refractivity contribution is 5.72. The Kier molecular flexibility index (Phi) is 10.8. The minimum absolute atomic E-state index is 0.357. The molecule has 0 aliphatic heterocycles. The van der Waals surface area contributed by atoms with Crippen LogP contribution in [0.3, 0.4) is 0 Å². The second-order valence-electron chi connectivity index (χ2n) is 3.15. The smallest absolute Gasteiger partial charge is 0.320 e. The summed E-state index contributed by atoms with van der Waals surface area (Å²) in [6, 6.07) is -0.690. The number of rotatable bonds is 4. The molecule has 0 aromatic heterocycles. The minimum atomic E-state index is -0.913. The quantitative estimate of drug-likeness (QED) is 0.471. The SMILES string of the molecule is CC(C)C[C@H](N)C(=O)O.NCCN. The highest BCUT2D eigenvalue weighted by atomic mass is 16.4. The summed E-state index contributed by atoms with van der Waals surface area (Å²) in [5.41, 5.74) is 15.0. The van der Waals surface area contributed by atoms with Gasteiger partial charge in [0, 0.05) is 13.1 Å². The molecule has 0 aromatic rings. The fraction of sp³-hybridized carbons (Fsp3) is 0.875. The lowest BCUT2D eigenvalue weighted by molar-refractivity contribution is -0.138. The monoisotopic (exact) mass is 191 g/mol. The van der Waals surface area contributed by atoms with Crippen molar-refractivity contribution in [2.24, 2.45) is 23.1 Å². The van der Waals surface area contributed by atoms with Crippen LogP contribution in [0, 0.1) is 5.92 Å². The number of carbonyl (C=O) groups is 1. The molecule has 0 saturated heterocycles. The van der Waals surface area contributed by atoms with E-state index in [0.717, 1.165) is 0 Å². The molecule has 0 heterocycles. The second-order valence-corrected chi connectivity index (χ2v) is 3.15. The molecule has 0 aliphatic rings. The Morgan fingerprint density at radius 1 is 1.31 bits per heavy atom. The molecule has 13 heavy (non-hydrogen) atoms. The van der Waals surface area contributed by atoms with Crippen molar-refractivity contribution in [3.63, 3.8) is 0 Å². The molecule has 0 aliphatic carbocycles. The Hall–Kier alpha value is -0.650. The third-order valence-corrected chi connectivity index (χ3v) is 1.21. The van der Waals surface area contributed by atoms with Gasteiger partial charge in [-0.1, -0.05) is 13.8 Å². The zero-order valence-corrected chi connectivity index (χ0v) is 8.36. The van der Waals surface area contributed by atoms with Crippen LogP contribution in [-0.4, -0.2) is 30.2 Å². The van der Waals surface area contributed by atoms with Crippen LogP contribution in [-0.2, 0) is 4.79 Å². The lowest BCUT2D eigenvalue weighted by atomic mass is 10.1. The zero-order valence-electron chi connectivity index (χ0n) is 8.36. The maximum Gasteiger partial charge on any atom is 0.320 e. The van der Waals surface area contributed by atoms with Crippen LogP contribution in [0.1, 0.15) is 20.3 Å². The molecule has 0 saturated carbocycles. The van der Waals surface area contributed by atoms with Gasteiger partial charge in [-0.2, -0.15) is 0 Å². The summed E-state index contributed by atoms with van der Waals surface area (Å²) in [7, 11) is 0. The molecule has 80 valence electrons. The van der Waals surface area contributed by atoms with Crippen LogP contribution in [0.2, 0.25) is 0 Å². The molecule has 0 radical (unpaired) electrons. The Morgan fingerprint density at radius 2 is 1.69 bits per heavy atom. The number of hydrogen-bond donors (Lipinski definition) is 4. The van der Waals surface area contributed by atoms with Gasteiger partial charge in [0.05, 0.1) is 0 Å². The Bertz CT molecular complexity index is 127. The van der Waals surface area contributed by atoms with Gasteiger partial charge in [0.25, 0.3) is 0 Å². The van der Waals surface area contributed by atoms with E-state index in [1.165, 1.54) is 0 Å². The van der Waals surface area contributed by atoms with Gasteiger partial charge in [-0.3, -0.25) is 4.79 Å². The van der Waals surface area contributed by atoms with Crippen molar-refractivity contribution in [1.82, 2.24) is 0 Å². The van der Waals surface area contributed by atoms with Crippen LogP contribution in [0.15, 0.2) is 0 Å². The molecule has 7 N–H and O–H groups in total. The van der Waals surface area contributed by atoms with Crippen molar-refractivity contribution in [2.45, 2.75) is 26.3 Å². The lowest BCUT2D eigenvalue weighted by Crippen LogP contribution is -2.31. The van der Waals surface area contributed by atoms with E-state index in [1.807, 2.05) is 13.8 Å². The summed E-state index contributed by atoms with van der Waals surface area (Å²) >= 11 is 0. The summed E-state index contributed by atoms with van der Waals surface area (Å²) in [6.45, 7) is 5.09. The highest BCUT2D eigenvalue weighted by Crippen LogP contribution is 2.01. The molecule has 0 spiro atoms. The number of hydrogen-bond acceptors (Lipinski definition) is 4. The topological polar surface area (TPSA) is 115 Å². The number of carboxylic acids is 1. The van der Waals surface area contributed by atoms with Crippen LogP contribution in [0.25, 0.3) is 0 Å². The van der Waals surface area contributed by atoms with Crippen molar-refractivity contribution in [3.8, 4) is 0 Å². The highest BCUT2D eigenvalue weighted by Gasteiger charge is 2.11. The number of nitrogens with two attached hydrogens (primary N) is 3. The van der Waals surface area contributed by atoms with Crippen LogP contribution < -0.4 is 17.2 Å². The normalized spacial score (nSPS) is 11.8. The first kappa shape index (κ1) is 14.9. The summed E-state index contributed by atoms with van der Waals surface area (Å²) in [4.78, 5) is 10.1. The predicted molar refractivity (Wildman–Crippen MR) is 53.2 cm³/mol. The maximum absolute atomic E-state index is 10.1. The van der Waals surface area contributed by atoms with Crippen LogP contribution in [0.4, 0.5) is 0 Å². The average Bonchev–Trinajstić information content (AvgIpc) is 2.03. The van der Waals surface area contributed by atoms with Gasteiger partial charge in [-0.05, 0) is 12.3 Å². The molecule has 0 amide bonds. The van der Waals surface area contributed by atoms with E-state index >= 15 is 0 Å². The third kappa shape index (κ3) is 14.2. The van der Waals surface area contributed by atoms with Crippen LogP contribution in [0.5, 0.6) is 0 Å². The van der Waals surface area contributed by atoms with E-state index in [1.54, 1.807) is 0 Å². The van der Waals surface area contributed by atoms with E-state index in [9.17, 15) is 4.79 Å². The largest absolute Gasteiger partial charge is 0.480 e. The van der Waals surface area contributed by atoms with E-state index in [-0.39, 0.29) is 0 Å². The van der Waals surface area contributed by atoms with E-state index in [0.29, 0.717) is 25.4 Å². The molecule has 1 atom stereocenters. The number of carboxylic acid groups (broad SMARTS) is 1. The van der Waals surface area contributed by atoms with Gasteiger partial charge in [-0.25, -0.2) is 0 Å². The van der Waals surface area contributed by atoms with Gasteiger partial charge < -0.3 is 22.3 Å². The van der Waals surface area contributed by atoms with Gasteiger partial charge in [-0.15, -0.1) is 0 Å². The summed E-state index contributed by atoms with van der Waals surface area (Å²) in [6.07, 6.45) is 0.551. The van der Waals surface area contributed by atoms with Gasteiger partial charge in [0.2, 0.25) is 0 Å². The van der Waals surface area contributed by atoms with E-state index in [2.05, 4.69) is 0 Å². The standard InChI is InChI=1S/C6H13NO2.C2H8N2/c1-4(2)3-5(7)6(8)9;3-1-2-4/h4-5H,3,7H2,1-2H3,(H,8,9);1-4H2/t5-;/m0./s1. The first-order valence-corrected chi connectivity index (χ1v) is 4.34. The minimum Gasteiger partial charge on any atom is -0.480 e. The molecule has 0 rings (SSSR count). The fourth-order valence-corrected chi connectivity index (χ4v) is 0.609. The maximum atomic E-state index is 10.1. The van der Waals surface area contributed by atoms with Gasteiger partial charge >= 0.3 is 5.97 Å². The summed E-state index contributed by atoms with van der Waals surface area (Å²) < 4.78 is 0. The first-order valence-electron chi connectivity index (χ1n) is 4.34.